The molecule has 0 aliphatic rings. The second-order valence-corrected chi connectivity index (χ2v) is 5.24. The number of likely N-dealkylation sites (N-methyl/N-ethyl adjacent to an activating group) is 1. The lowest BCUT2D eigenvalue weighted by molar-refractivity contribution is -0.384. The molecule has 0 atom stereocenters. The Bertz CT molecular complexity index is 434. The highest BCUT2D eigenvalue weighted by Crippen LogP contribution is 2.20. The molecule has 0 heterocycles. The summed E-state index contributed by atoms with van der Waals surface area (Å²) in [5, 5.41) is 13.3. The number of carbonyl (C=O) groups is 1. The first-order valence-electron chi connectivity index (χ1n) is 5.77. The van der Waals surface area contributed by atoms with Gasteiger partial charge in [0.1, 0.15) is 0 Å². The molecule has 0 radical (unpaired) electrons. The standard InChI is InChI=1S/C12H17N3O3S/c1-14(2)8-7-13-12(16)9-19-11-5-3-10(4-6-11)15(17)18/h3-6H,7-9H2,1-2H3,(H,13,16). The van der Waals surface area contributed by atoms with Crippen LogP contribution in [0.3, 0.4) is 0 Å². The average Bonchev–Trinajstić information content (AvgIpc) is 2.36. The van der Waals surface area contributed by atoms with E-state index in [1.54, 1.807) is 12.1 Å². The Morgan fingerprint density at radius 2 is 2.00 bits per heavy atom. The first kappa shape index (κ1) is 15.5. The molecule has 1 aromatic rings. The first-order chi connectivity index (χ1) is 8.99. The number of nitro groups is 1. The summed E-state index contributed by atoms with van der Waals surface area (Å²) in [4.78, 5) is 24.4. The molecular weight excluding hydrogens is 266 g/mol. The highest BCUT2D eigenvalue weighted by Gasteiger charge is 2.06. The van der Waals surface area contributed by atoms with Crippen LogP contribution >= 0.6 is 11.8 Å². The van der Waals surface area contributed by atoms with Crippen molar-refractivity contribution in [2.24, 2.45) is 0 Å². The molecule has 1 rings (SSSR count). The SMILES string of the molecule is CN(C)CCNC(=O)CSc1ccc([N+](=O)[O-])cc1. The van der Waals surface area contributed by atoms with Crippen LogP contribution in [0.5, 0.6) is 0 Å². The van der Waals surface area contributed by atoms with Gasteiger partial charge in [-0.15, -0.1) is 11.8 Å². The van der Waals surface area contributed by atoms with Crippen molar-refractivity contribution < 1.29 is 9.72 Å². The van der Waals surface area contributed by atoms with Gasteiger partial charge in [0.2, 0.25) is 5.91 Å². The number of non-ortho nitro benzene ring substituents is 1. The molecule has 0 aliphatic carbocycles. The van der Waals surface area contributed by atoms with Gasteiger partial charge in [-0.05, 0) is 26.2 Å². The second-order valence-electron chi connectivity index (χ2n) is 4.19. The van der Waals surface area contributed by atoms with E-state index in [9.17, 15) is 14.9 Å². The van der Waals surface area contributed by atoms with Crippen LogP contribution in [-0.4, -0.2) is 48.7 Å². The van der Waals surface area contributed by atoms with Crippen molar-refractivity contribution in [1.82, 2.24) is 10.2 Å². The number of nitrogens with one attached hydrogen (secondary N) is 1. The molecule has 0 bridgehead atoms. The number of carbonyl (C=O) groups excluding carboxylic acids is 1. The Labute approximate surface area is 116 Å². The van der Waals surface area contributed by atoms with Crippen LogP contribution in [0.1, 0.15) is 0 Å². The van der Waals surface area contributed by atoms with Crippen LogP contribution in [0.4, 0.5) is 5.69 Å². The summed E-state index contributed by atoms with van der Waals surface area (Å²) in [7, 11) is 3.88. The van der Waals surface area contributed by atoms with Crippen molar-refractivity contribution in [1.29, 1.82) is 0 Å². The summed E-state index contributed by atoms with van der Waals surface area (Å²) in [5.74, 6) is 0.274. The molecule has 0 aromatic heterocycles. The minimum atomic E-state index is -0.442. The summed E-state index contributed by atoms with van der Waals surface area (Å²) in [6, 6.07) is 6.17. The van der Waals surface area contributed by atoms with Crippen molar-refractivity contribution >= 4 is 23.4 Å². The normalized spacial score (nSPS) is 10.5. The molecule has 0 aliphatic heterocycles. The van der Waals surface area contributed by atoms with E-state index in [-0.39, 0.29) is 11.6 Å². The largest absolute Gasteiger partial charge is 0.354 e. The van der Waals surface area contributed by atoms with E-state index in [1.807, 2.05) is 19.0 Å². The fourth-order valence-corrected chi connectivity index (χ4v) is 2.01. The molecule has 19 heavy (non-hydrogen) atoms. The Kier molecular flexibility index (Phi) is 6.31. The molecule has 104 valence electrons. The molecular formula is C12H17N3O3S. The Balaban J connectivity index is 2.32. The topological polar surface area (TPSA) is 75.5 Å². The number of amides is 1. The van der Waals surface area contributed by atoms with Crippen LogP contribution < -0.4 is 5.32 Å². The van der Waals surface area contributed by atoms with Gasteiger partial charge in [-0.2, -0.15) is 0 Å². The molecule has 0 spiro atoms. The lowest BCUT2D eigenvalue weighted by Gasteiger charge is -2.10. The molecule has 6 nitrogen and oxygen atoms in total. The summed E-state index contributed by atoms with van der Waals surface area (Å²) in [5.41, 5.74) is 0.0554. The Hall–Kier alpha value is -1.60. The molecule has 1 amide bonds. The molecule has 1 N–H and O–H groups in total. The smallest absolute Gasteiger partial charge is 0.269 e. The third-order valence-corrected chi connectivity index (χ3v) is 3.31. The molecule has 7 heteroatoms. The van der Waals surface area contributed by atoms with Crippen LogP contribution in [0.15, 0.2) is 29.2 Å². The van der Waals surface area contributed by atoms with E-state index >= 15 is 0 Å². The minimum Gasteiger partial charge on any atom is -0.354 e. The molecule has 0 saturated carbocycles. The van der Waals surface area contributed by atoms with Gasteiger partial charge in [0.15, 0.2) is 0 Å². The third kappa shape index (κ3) is 6.21. The summed E-state index contributed by atoms with van der Waals surface area (Å²) in [6.45, 7) is 1.42. The first-order valence-corrected chi connectivity index (χ1v) is 6.76. The van der Waals surface area contributed by atoms with E-state index in [4.69, 9.17) is 0 Å². The van der Waals surface area contributed by atoms with Crippen molar-refractivity contribution in [3.63, 3.8) is 0 Å². The van der Waals surface area contributed by atoms with Crippen LogP contribution in [0.2, 0.25) is 0 Å². The van der Waals surface area contributed by atoms with Gasteiger partial charge in [0, 0.05) is 30.1 Å². The van der Waals surface area contributed by atoms with E-state index in [2.05, 4.69) is 5.32 Å². The lowest BCUT2D eigenvalue weighted by Crippen LogP contribution is -2.32. The predicted octanol–water partition coefficient (Wildman–Crippen LogP) is 1.36. The number of hydrogen-bond donors (Lipinski definition) is 1. The minimum absolute atomic E-state index is 0.0368. The van der Waals surface area contributed by atoms with Gasteiger partial charge in [0.25, 0.3) is 5.69 Å². The van der Waals surface area contributed by atoms with Crippen LogP contribution in [-0.2, 0) is 4.79 Å². The van der Waals surface area contributed by atoms with E-state index in [0.717, 1.165) is 11.4 Å². The average molecular weight is 283 g/mol. The van der Waals surface area contributed by atoms with E-state index in [0.29, 0.717) is 12.3 Å². The molecule has 0 saturated heterocycles. The van der Waals surface area contributed by atoms with Gasteiger partial charge in [-0.25, -0.2) is 0 Å². The van der Waals surface area contributed by atoms with Gasteiger partial charge >= 0.3 is 0 Å². The third-order valence-electron chi connectivity index (χ3n) is 2.30. The van der Waals surface area contributed by atoms with E-state index in [1.165, 1.54) is 23.9 Å². The highest BCUT2D eigenvalue weighted by atomic mass is 32.2. The second kappa shape index (κ2) is 7.75. The van der Waals surface area contributed by atoms with Crippen molar-refractivity contribution in [3.05, 3.63) is 34.4 Å². The van der Waals surface area contributed by atoms with Crippen molar-refractivity contribution in [3.8, 4) is 0 Å². The Morgan fingerprint density at radius 3 is 2.53 bits per heavy atom. The van der Waals surface area contributed by atoms with Gasteiger partial charge in [-0.1, -0.05) is 0 Å². The number of hydrogen-bond acceptors (Lipinski definition) is 5. The molecule has 0 unspecified atom stereocenters. The maximum absolute atomic E-state index is 11.5. The fourth-order valence-electron chi connectivity index (χ4n) is 1.28. The number of nitro benzene ring substituents is 1. The summed E-state index contributed by atoms with van der Waals surface area (Å²) >= 11 is 1.36. The maximum atomic E-state index is 11.5. The van der Waals surface area contributed by atoms with E-state index < -0.39 is 4.92 Å². The van der Waals surface area contributed by atoms with Crippen molar-refractivity contribution in [2.75, 3.05) is 32.9 Å². The fraction of sp³-hybridized carbons (Fsp3) is 0.417. The zero-order chi connectivity index (χ0) is 14.3. The van der Waals surface area contributed by atoms with Crippen molar-refractivity contribution in [2.45, 2.75) is 4.90 Å². The zero-order valence-corrected chi connectivity index (χ0v) is 11.8. The number of rotatable bonds is 7. The summed E-state index contributed by atoms with van der Waals surface area (Å²) < 4.78 is 0. The molecule has 0 fully saturated rings. The van der Waals surface area contributed by atoms with Gasteiger partial charge < -0.3 is 10.2 Å². The monoisotopic (exact) mass is 283 g/mol. The zero-order valence-electron chi connectivity index (χ0n) is 11.0. The van der Waals surface area contributed by atoms with Crippen LogP contribution in [0, 0.1) is 10.1 Å². The van der Waals surface area contributed by atoms with Gasteiger partial charge in [-0.3, -0.25) is 14.9 Å². The van der Waals surface area contributed by atoms with Gasteiger partial charge in [0.05, 0.1) is 10.7 Å². The number of thioether (sulfide) groups is 1. The summed E-state index contributed by atoms with van der Waals surface area (Å²) in [6.07, 6.45) is 0. The van der Waals surface area contributed by atoms with Crippen LogP contribution in [0.25, 0.3) is 0 Å². The number of benzene rings is 1. The number of nitrogens with zero attached hydrogens (tertiary/aromatic N) is 2. The highest BCUT2D eigenvalue weighted by molar-refractivity contribution is 8.00. The predicted molar refractivity (Wildman–Crippen MR) is 75.4 cm³/mol. The lowest BCUT2D eigenvalue weighted by atomic mass is 10.3. The maximum Gasteiger partial charge on any atom is 0.269 e. The quantitative estimate of drug-likeness (QED) is 0.464. The molecule has 1 aromatic carbocycles. The Morgan fingerprint density at radius 1 is 1.37 bits per heavy atom.